The maximum absolute atomic E-state index is 11.4. The molecule has 1 unspecified atom stereocenters. The molecule has 0 radical (unpaired) electrons. The van der Waals surface area contributed by atoms with Crippen molar-refractivity contribution in [2.45, 2.75) is 24.8 Å². The summed E-state index contributed by atoms with van der Waals surface area (Å²) in [6.45, 7) is 0.707. The Labute approximate surface area is 89.3 Å². The van der Waals surface area contributed by atoms with E-state index < -0.39 is 21.3 Å². The van der Waals surface area contributed by atoms with Crippen molar-refractivity contribution in [3.63, 3.8) is 0 Å². The molecule has 0 aromatic carbocycles. The van der Waals surface area contributed by atoms with Crippen LogP contribution in [0.2, 0.25) is 0 Å². The van der Waals surface area contributed by atoms with Gasteiger partial charge in [-0.15, -0.1) is 0 Å². The van der Waals surface area contributed by atoms with Crippen LogP contribution in [0.3, 0.4) is 0 Å². The fraction of sp³-hybridized carbons (Fsp3) is 0.889. The van der Waals surface area contributed by atoms with E-state index in [4.69, 9.17) is 5.73 Å². The van der Waals surface area contributed by atoms with Gasteiger partial charge in [0.25, 0.3) is 0 Å². The van der Waals surface area contributed by atoms with E-state index in [1.165, 1.54) is 0 Å². The van der Waals surface area contributed by atoms with Crippen molar-refractivity contribution in [2.75, 3.05) is 18.1 Å². The highest BCUT2D eigenvalue weighted by Gasteiger charge is 2.47. The summed E-state index contributed by atoms with van der Waals surface area (Å²) < 4.78 is 22.7. The van der Waals surface area contributed by atoms with Gasteiger partial charge in [-0.3, -0.25) is 4.79 Å². The highest BCUT2D eigenvalue weighted by molar-refractivity contribution is 7.91. The average Bonchev–Trinajstić information content (AvgIpc) is 2.89. The summed E-state index contributed by atoms with van der Waals surface area (Å²) in [5.74, 6) is -0.0101. The first kappa shape index (κ1) is 10.9. The summed E-state index contributed by atoms with van der Waals surface area (Å²) in [5, 5.41) is 3.06. The largest absolute Gasteiger partial charge is 0.368 e. The van der Waals surface area contributed by atoms with Gasteiger partial charge in [0.05, 0.1) is 11.5 Å². The fourth-order valence-electron chi connectivity index (χ4n) is 1.93. The van der Waals surface area contributed by atoms with Gasteiger partial charge < -0.3 is 11.1 Å². The molecule has 0 aromatic rings. The molecule has 15 heavy (non-hydrogen) atoms. The smallest absolute Gasteiger partial charge is 0.238 e. The fourth-order valence-corrected chi connectivity index (χ4v) is 3.88. The lowest BCUT2D eigenvalue weighted by molar-refractivity contribution is -0.123. The summed E-state index contributed by atoms with van der Waals surface area (Å²) in [5.41, 5.74) is 4.30. The number of carbonyl (C=O) groups is 1. The molecule has 1 amide bonds. The number of amides is 1. The molecule has 1 saturated heterocycles. The summed E-state index contributed by atoms with van der Waals surface area (Å²) in [4.78, 5) is 11.3. The Kier molecular flexibility index (Phi) is 2.50. The van der Waals surface area contributed by atoms with E-state index >= 15 is 0 Å². The molecular weight excluding hydrogens is 216 g/mol. The molecular formula is C9H16N2O3S. The Bertz CT molecular complexity index is 375. The van der Waals surface area contributed by atoms with Gasteiger partial charge in [0, 0.05) is 0 Å². The second kappa shape index (κ2) is 3.45. The highest BCUT2D eigenvalue weighted by Crippen LogP contribution is 2.30. The van der Waals surface area contributed by atoms with Crippen molar-refractivity contribution in [1.29, 1.82) is 0 Å². The molecule has 6 heteroatoms. The van der Waals surface area contributed by atoms with Crippen LogP contribution in [0.15, 0.2) is 0 Å². The number of hydrogen-bond donors (Lipinski definition) is 2. The number of nitrogens with one attached hydrogen (secondary N) is 1. The molecule has 1 aliphatic carbocycles. The summed E-state index contributed by atoms with van der Waals surface area (Å²) in [6, 6.07) is 0. The lowest BCUT2D eigenvalue weighted by Crippen LogP contribution is -2.57. The molecule has 1 atom stereocenters. The number of hydrogen-bond acceptors (Lipinski definition) is 4. The maximum atomic E-state index is 11.4. The predicted molar refractivity (Wildman–Crippen MR) is 55.9 cm³/mol. The van der Waals surface area contributed by atoms with Gasteiger partial charge in [0.15, 0.2) is 9.84 Å². The van der Waals surface area contributed by atoms with Crippen LogP contribution in [0.1, 0.15) is 19.3 Å². The zero-order valence-corrected chi connectivity index (χ0v) is 9.35. The van der Waals surface area contributed by atoms with Gasteiger partial charge in [0.2, 0.25) is 5.91 Å². The summed E-state index contributed by atoms with van der Waals surface area (Å²) in [7, 11) is -3.09. The Morgan fingerprint density at radius 3 is 2.53 bits per heavy atom. The van der Waals surface area contributed by atoms with Crippen molar-refractivity contribution in [2.24, 2.45) is 11.7 Å². The molecule has 1 heterocycles. The molecule has 2 aliphatic rings. The number of nitrogens with two attached hydrogens (primary N) is 1. The summed E-state index contributed by atoms with van der Waals surface area (Å²) in [6.07, 6.45) is 2.64. The predicted octanol–water partition coefficient (Wildman–Crippen LogP) is -0.971. The lowest BCUT2D eigenvalue weighted by atomic mass is 9.98. The van der Waals surface area contributed by atoms with Gasteiger partial charge in [-0.2, -0.15) is 0 Å². The third-order valence-corrected chi connectivity index (χ3v) is 4.96. The van der Waals surface area contributed by atoms with Gasteiger partial charge in [-0.25, -0.2) is 8.42 Å². The van der Waals surface area contributed by atoms with Crippen molar-refractivity contribution >= 4 is 15.7 Å². The maximum Gasteiger partial charge on any atom is 0.238 e. The molecule has 0 bridgehead atoms. The lowest BCUT2D eigenvalue weighted by Gasteiger charge is -2.25. The van der Waals surface area contributed by atoms with E-state index in [1.807, 2.05) is 0 Å². The second-order valence-corrected chi connectivity index (χ2v) is 6.80. The van der Waals surface area contributed by atoms with E-state index in [2.05, 4.69) is 5.32 Å². The first-order chi connectivity index (χ1) is 6.94. The molecule has 0 aromatic heterocycles. The van der Waals surface area contributed by atoms with Crippen LogP contribution >= 0.6 is 0 Å². The number of sulfone groups is 1. The molecule has 1 aliphatic heterocycles. The van der Waals surface area contributed by atoms with Crippen molar-refractivity contribution in [1.82, 2.24) is 5.32 Å². The Hall–Kier alpha value is -0.620. The van der Waals surface area contributed by atoms with Crippen LogP contribution in [0.4, 0.5) is 0 Å². The third-order valence-electron chi connectivity index (χ3n) is 3.20. The summed E-state index contributed by atoms with van der Waals surface area (Å²) >= 11 is 0. The first-order valence-corrected chi connectivity index (χ1v) is 7.01. The molecule has 3 N–H and O–H groups in total. The minimum Gasteiger partial charge on any atom is -0.368 e. The second-order valence-electron chi connectivity index (χ2n) is 4.61. The van der Waals surface area contributed by atoms with E-state index in [-0.39, 0.29) is 11.5 Å². The quantitative estimate of drug-likeness (QED) is 0.652. The average molecular weight is 232 g/mol. The zero-order chi connectivity index (χ0) is 11.1. The third kappa shape index (κ3) is 2.31. The number of rotatable bonds is 4. The van der Waals surface area contributed by atoms with Crippen LogP contribution in [0.25, 0.3) is 0 Å². The van der Waals surface area contributed by atoms with Gasteiger partial charge in [-0.05, 0) is 31.7 Å². The number of primary amides is 1. The standard InChI is InChI=1S/C9H16N2O3S/c10-8(12)9(11-5-7-1-2-7)3-4-15(13,14)6-9/h7,11H,1-6H2,(H2,10,12). The minimum absolute atomic E-state index is 0.0631. The molecule has 2 fully saturated rings. The van der Waals surface area contributed by atoms with Crippen LogP contribution in [-0.2, 0) is 14.6 Å². The molecule has 5 nitrogen and oxygen atoms in total. The topological polar surface area (TPSA) is 89.3 Å². The van der Waals surface area contributed by atoms with E-state index in [0.717, 1.165) is 12.8 Å². The Morgan fingerprint density at radius 2 is 2.13 bits per heavy atom. The van der Waals surface area contributed by atoms with Crippen molar-refractivity contribution in [3.8, 4) is 0 Å². The van der Waals surface area contributed by atoms with Crippen LogP contribution in [0.5, 0.6) is 0 Å². The highest BCUT2D eigenvalue weighted by atomic mass is 32.2. The monoisotopic (exact) mass is 232 g/mol. The van der Waals surface area contributed by atoms with Crippen LogP contribution < -0.4 is 11.1 Å². The van der Waals surface area contributed by atoms with Crippen molar-refractivity contribution in [3.05, 3.63) is 0 Å². The van der Waals surface area contributed by atoms with Crippen LogP contribution in [-0.4, -0.2) is 37.9 Å². The Balaban J connectivity index is 2.07. The zero-order valence-electron chi connectivity index (χ0n) is 8.53. The number of carbonyl (C=O) groups excluding carboxylic acids is 1. The molecule has 0 spiro atoms. The Morgan fingerprint density at radius 1 is 1.47 bits per heavy atom. The van der Waals surface area contributed by atoms with Gasteiger partial charge in [0.1, 0.15) is 5.54 Å². The van der Waals surface area contributed by atoms with Gasteiger partial charge >= 0.3 is 0 Å². The van der Waals surface area contributed by atoms with Gasteiger partial charge in [-0.1, -0.05) is 0 Å². The van der Waals surface area contributed by atoms with E-state index in [0.29, 0.717) is 18.9 Å². The van der Waals surface area contributed by atoms with Crippen LogP contribution in [0, 0.1) is 5.92 Å². The van der Waals surface area contributed by atoms with E-state index in [1.54, 1.807) is 0 Å². The SMILES string of the molecule is NC(=O)C1(NCC2CC2)CCS(=O)(=O)C1. The first-order valence-electron chi connectivity index (χ1n) is 5.19. The molecule has 1 saturated carbocycles. The minimum atomic E-state index is -3.09. The van der Waals surface area contributed by atoms with Crippen molar-refractivity contribution < 1.29 is 13.2 Å². The van der Waals surface area contributed by atoms with E-state index in [9.17, 15) is 13.2 Å². The molecule has 2 rings (SSSR count). The normalized spacial score (nSPS) is 34.1. The molecule has 86 valence electrons.